The van der Waals surface area contributed by atoms with Gasteiger partial charge in [0.1, 0.15) is 0 Å². The number of hydrogen-bond donors (Lipinski definition) is 0. The molecule has 1 aliphatic heterocycles. The van der Waals surface area contributed by atoms with E-state index in [1.54, 1.807) is 6.20 Å². The predicted molar refractivity (Wildman–Crippen MR) is 67.6 cm³/mol. The first kappa shape index (κ1) is 11.1. The molecule has 16 heavy (non-hydrogen) atoms. The van der Waals surface area contributed by atoms with Crippen LogP contribution in [0.15, 0.2) is 41.2 Å². The quantitative estimate of drug-likeness (QED) is 0.701. The van der Waals surface area contributed by atoms with Crippen molar-refractivity contribution in [1.82, 2.24) is 4.98 Å². The molecule has 84 valence electrons. The Balaban J connectivity index is 2.34. The molecule has 1 aliphatic rings. The van der Waals surface area contributed by atoms with Gasteiger partial charge in [0.15, 0.2) is 0 Å². The Morgan fingerprint density at radius 1 is 1.25 bits per heavy atom. The number of rotatable bonds is 1. The molecule has 0 amide bonds. The van der Waals surface area contributed by atoms with Gasteiger partial charge in [-0.05, 0) is 30.2 Å². The molecule has 1 unspecified atom stereocenters. The SMILES string of the molecule is CC1=CC(C(C)(C)C)=NC1c1cccnc1. The summed E-state index contributed by atoms with van der Waals surface area (Å²) in [6.45, 7) is 8.73. The van der Waals surface area contributed by atoms with Crippen LogP contribution in [0, 0.1) is 5.41 Å². The summed E-state index contributed by atoms with van der Waals surface area (Å²) in [4.78, 5) is 8.95. The van der Waals surface area contributed by atoms with Gasteiger partial charge in [-0.1, -0.05) is 26.8 Å². The smallest absolute Gasteiger partial charge is 0.0978 e. The summed E-state index contributed by atoms with van der Waals surface area (Å²) in [6, 6.07) is 4.22. The zero-order valence-corrected chi connectivity index (χ0v) is 10.4. The maximum absolute atomic E-state index is 4.79. The van der Waals surface area contributed by atoms with Crippen molar-refractivity contribution in [2.24, 2.45) is 10.4 Å². The van der Waals surface area contributed by atoms with Crippen LogP contribution >= 0.6 is 0 Å². The number of nitrogens with zero attached hydrogens (tertiary/aromatic N) is 2. The number of hydrogen-bond acceptors (Lipinski definition) is 2. The summed E-state index contributed by atoms with van der Waals surface area (Å²) in [5.41, 5.74) is 3.78. The van der Waals surface area contributed by atoms with Crippen molar-refractivity contribution in [3.8, 4) is 0 Å². The third kappa shape index (κ3) is 2.06. The van der Waals surface area contributed by atoms with E-state index < -0.39 is 0 Å². The fraction of sp³-hybridized carbons (Fsp3) is 0.429. The molecule has 0 saturated carbocycles. The van der Waals surface area contributed by atoms with Crippen LogP contribution in [-0.2, 0) is 0 Å². The van der Waals surface area contributed by atoms with Gasteiger partial charge in [-0.3, -0.25) is 9.98 Å². The summed E-state index contributed by atoms with van der Waals surface area (Å²) in [5, 5.41) is 0. The third-order valence-corrected chi connectivity index (χ3v) is 2.83. The highest BCUT2D eigenvalue weighted by Crippen LogP contribution is 2.34. The van der Waals surface area contributed by atoms with Crippen LogP contribution in [0.1, 0.15) is 39.3 Å². The van der Waals surface area contributed by atoms with Crippen molar-refractivity contribution in [1.29, 1.82) is 0 Å². The minimum absolute atomic E-state index is 0.123. The molecule has 0 saturated heterocycles. The van der Waals surface area contributed by atoms with Crippen molar-refractivity contribution in [2.75, 3.05) is 0 Å². The Labute approximate surface area is 97.1 Å². The number of allylic oxidation sites excluding steroid dienone is 1. The first-order valence-corrected chi connectivity index (χ1v) is 5.65. The highest BCUT2D eigenvalue weighted by molar-refractivity contribution is 6.01. The first-order valence-electron chi connectivity index (χ1n) is 5.65. The fourth-order valence-electron chi connectivity index (χ4n) is 1.86. The van der Waals surface area contributed by atoms with E-state index in [9.17, 15) is 0 Å². The van der Waals surface area contributed by atoms with E-state index in [2.05, 4.69) is 44.8 Å². The van der Waals surface area contributed by atoms with E-state index in [0.717, 1.165) is 0 Å². The first-order chi connectivity index (χ1) is 7.48. The second-order valence-electron chi connectivity index (χ2n) is 5.34. The largest absolute Gasteiger partial charge is 0.277 e. The van der Waals surface area contributed by atoms with Crippen LogP contribution in [-0.4, -0.2) is 10.7 Å². The summed E-state index contributed by atoms with van der Waals surface area (Å²) in [5.74, 6) is 0. The lowest BCUT2D eigenvalue weighted by Crippen LogP contribution is -2.16. The van der Waals surface area contributed by atoms with Crippen molar-refractivity contribution >= 4 is 5.71 Å². The van der Waals surface area contributed by atoms with E-state index in [0.29, 0.717) is 0 Å². The molecule has 0 spiro atoms. The second kappa shape index (κ2) is 3.85. The molecule has 0 bridgehead atoms. The van der Waals surface area contributed by atoms with Gasteiger partial charge in [-0.2, -0.15) is 0 Å². The summed E-state index contributed by atoms with van der Waals surface area (Å²) in [6.07, 6.45) is 5.90. The van der Waals surface area contributed by atoms with E-state index >= 15 is 0 Å². The Hall–Kier alpha value is -1.44. The summed E-state index contributed by atoms with van der Waals surface area (Å²) >= 11 is 0. The Morgan fingerprint density at radius 2 is 2.00 bits per heavy atom. The number of aromatic nitrogens is 1. The molecule has 2 heteroatoms. The Bertz CT molecular complexity index is 436. The van der Waals surface area contributed by atoms with Gasteiger partial charge in [0.2, 0.25) is 0 Å². The average Bonchev–Trinajstić information content (AvgIpc) is 2.61. The molecule has 0 N–H and O–H groups in total. The lowest BCUT2D eigenvalue weighted by atomic mass is 9.90. The fourth-order valence-corrected chi connectivity index (χ4v) is 1.86. The van der Waals surface area contributed by atoms with Gasteiger partial charge >= 0.3 is 0 Å². The topological polar surface area (TPSA) is 25.2 Å². The zero-order valence-electron chi connectivity index (χ0n) is 10.4. The van der Waals surface area contributed by atoms with Gasteiger partial charge in [0.05, 0.1) is 6.04 Å². The lowest BCUT2D eigenvalue weighted by molar-refractivity contribution is 0.591. The molecule has 2 nitrogen and oxygen atoms in total. The van der Waals surface area contributed by atoms with E-state index in [1.807, 2.05) is 12.3 Å². The molecule has 0 aliphatic carbocycles. The van der Waals surface area contributed by atoms with Gasteiger partial charge in [-0.15, -0.1) is 0 Å². The average molecular weight is 214 g/mol. The maximum Gasteiger partial charge on any atom is 0.0978 e. The van der Waals surface area contributed by atoms with E-state index in [1.165, 1.54) is 16.8 Å². The number of aliphatic imine (C=N–C) groups is 1. The monoisotopic (exact) mass is 214 g/mol. The Kier molecular flexibility index (Phi) is 2.66. The van der Waals surface area contributed by atoms with Crippen LogP contribution in [0.25, 0.3) is 0 Å². The molecule has 0 aromatic carbocycles. The van der Waals surface area contributed by atoms with E-state index in [4.69, 9.17) is 4.99 Å². The maximum atomic E-state index is 4.79. The second-order valence-corrected chi connectivity index (χ2v) is 5.34. The molecule has 0 fully saturated rings. The Morgan fingerprint density at radius 3 is 2.50 bits per heavy atom. The minimum Gasteiger partial charge on any atom is -0.277 e. The van der Waals surface area contributed by atoms with Crippen LogP contribution in [0.4, 0.5) is 0 Å². The van der Waals surface area contributed by atoms with Gasteiger partial charge < -0.3 is 0 Å². The number of pyridine rings is 1. The molecule has 1 aromatic rings. The van der Waals surface area contributed by atoms with Crippen LogP contribution in [0.2, 0.25) is 0 Å². The third-order valence-electron chi connectivity index (χ3n) is 2.83. The summed E-state index contributed by atoms with van der Waals surface area (Å²) in [7, 11) is 0. The molecule has 2 rings (SSSR count). The van der Waals surface area contributed by atoms with Crippen molar-refractivity contribution in [3.05, 3.63) is 41.7 Å². The molecular formula is C14H18N2. The molecule has 2 heterocycles. The molecule has 0 radical (unpaired) electrons. The van der Waals surface area contributed by atoms with Crippen molar-refractivity contribution < 1.29 is 0 Å². The lowest BCUT2D eigenvalue weighted by Gasteiger charge is -2.17. The zero-order chi connectivity index (χ0) is 11.8. The van der Waals surface area contributed by atoms with E-state index in [-0.39, 0.29) is 11.5 Å². The molecule has 1 atom stereocenters. The van der Waals surface area contributed by atoms with Crippen molar-refractivity contribution in [3.63, 3.8) is 0 Å². The normalized spacial score (nSPS) is 20.6. The highest BCUT2D eigenvalue weighted by Gasteiger charge is 2.26. The van der Waals surface area contributed by atoms with Gasteiger partial charge in [0.25, 0.3) is 0 Å². The molecular weight excluding hydrogens is 196 g/mol. The van der Waals surface area contributed by atoms with Crippen LogP contribution in [0.5, 0.6) is 0 Å². The van der Waals surface area contributed by atoms with Crippen molar-refractivity contribution in [2.45, 2.75) is 33.7 Å². The van der Waals surface area contributed by atoms with Gasteiger partial charge in [0, 0.05) is 23.5 Å². The van der Waals surface area contributed by atoms with Crippen LogP contribution in [0.3, 0.4) is 0 Å². The molecule has 1 aromatic heterocycles. The standard InChI is InChI=1S/C14H18N2/c1-10-8-12(14(2,3)4)16-13(10)11-6-5-7-15-9-11/h5-9,13H,1-4H3. The summed E-state index contributed by atoms with van der Waals surface area (Å²) < 4.78 is 0. The van der Waals surface area contributed by atoms with Gasteiger partial charge in [-0.25, -0.2) is 0 Å². The minimum atomic E-state index is 0.123. The predicted octanol–water partition coefficient (Wildman–Crippen LogP) is 3.57. The van der Waals surface area contributed by atoms with Crippen LogP contribution < -0.4 is 0 Å². The highest BCUT2D eigenvalue weighted by atomic mass is 14.8.